The molecule has 1 amide bonds. The molecule has 0 unspecified atom stereocenters. The Hall–Kier alpha value is -1.85. The van der Waals surface area contributed by atoms with Gasteiger partial charge in [-0.1, -0.05) is 19.3 Å². The molecule has 3 rings (SSSR count). The van der Waals surface area contributed by atoms with Crippen LogP contribution >= 0.6 is 0 Å². The molecule has 6 nitrogen and oxygen atoms in total. The molecule has 2 aliphatic carbocycles. The Labute approximate surface area is 162 Å². The van der Waals surface area contributed by atoms with E-state index in [1.807, 2.05) is 30.5 Å². The molecule has 2 fully saturated rings. The van der Waals surface area contributed by atoms with Crippen molar-refractivity contribution in [1.82, 2.24) is 14.7 Å². The van der Waals surface area contributed by atoms with E-state index in [1.54, 1.807) is 0 Å². The molecular formula is C21H33N3O3. The summed E-state index contributed by atoms with van der Waals surface area (Å²) in [5.41, 5.74) is 3.22. The van der Waals surface area contributed by atoms with Crippen LogP contribution in [0.2, 0.25) is 0 Å². The fourth-order valence-electron chi connectivity index (χ4n) is 4.35. The van der Waals surface area contributed by atoms with Crippen LogP contribution in [0.5, 0.6) is 0 Å². The highest BCUT2D eigenvalue weighted by Crippen LogP contribution is 2.41. The van der Waals surface area contributed by atoms with Gasteiger partial charge in [-0.05, 0) is 46.0 Å². The molecule has 0 spiro atoms. The Morgan fingerprint density at radius 2 is 1.93 bits per heavy atom. The summed E-state index contributed by atoms with van der Waals surface area (Å²) in [4.78, 5) is 27.3. The maximum Gasteiger partial charge on any atom is 0.309 e. The fraction of sp³-hybridized carbons (Fsp3) is 0.762. The lowest BCUT2D eigenvalue weighted by molar-refractivity contribution is -0.145. The summed E-state index contributed by atoms with van der Waals surface area (Å²) in [6.45, 7) is 7.55. The van der Waals surface area contributed by atoms with E-state index in [1.165, 1.54) is 6.42 Å². The van der Waals surface area contributed by atoms with Gasteiger partial charge in [0, 0.05) is 37.3 Å². The summed E-state index contributed by atoms with van der Waals surface area (Å²) in [5, 5.41) is 4.50. The largest absolute Gasteiger partial charge is 0.466 e. The van der Waals surface area contributed by atoms with Gasteiger partial charge in [0.15, 0.2) is 0 Å². The molecule has 2 atom stereocenters. The number of rotatable bonds is 7. The lowest BCUT2D eigenvalue weighted by Gasteiger charge is -2.30. The highest BCUT2D eigenvalue weighted by molar-refractivity contribution is 5.80. The summed E-state index contributed by atoms with van der Waals surface area (Å²) < 4.78 is 7.04. The average Bonchev–Trinajstić information content (AvgIpc) is 3.39. The third-order valence-electron chi connectivity index (χ3n) is 6.24. The monoisotopic (exact) mass is 375 g/mol. The van der Waals surface area contributed by atoms with Gasteiger partial charge >= 0.3 is 5.97 Å². The van der Waals surface area contributed by atoms with Gasteiger partial charge in [-0.3, -0.25) is 14.3 Å². The Morgan fingerprint density at radius 3 is 2.52 bits per heavy atom. The number of hydrogen-bond donors (Lipinski definition) is 0. The number of nitrogens with zero attached hydrogens (tertiary/aromatic N) is 3. The van der Waals surface area contributed by atoms with Crippen molar-refractivity contribution in [2.24, 2.45) is 24.8 Å². The van der Waals surface area contributed by atoms with Gasteiger partial charge in [0.2, 0.25) is 5.91 Å². The number of hydrogen-bond acceptors (Lipinski definition) is 4. The molecule has 2 aliphatic rings. The zero-order valence-electron chi connectivity index (χ0n) is 17.2. The molecule has 1 aromatic rings. The molecule has 27 heavy (non-hydrogen) atoms. The minimum atomic E-state index is -0.110. The number of amides is 1. The molecule has 0 saturated heterocycles. The first-order valence-corrected chi connectivity index (χ1v) is 10.4. The lowest BCUT2D eigenvalue weighted by atomic mass is 9.88. The zero-order chi connectivity index (χ0) is 19.6. The van der Waals surface area contributed by atoms with Crippen LogP contribution in [0.3, 0.4) is 0 Å². The van der Waals surface area contributed by atoms with Gasteiger partial charge in [-0.2, -0.15) is 5.10 Å². The second-order valence-corrected chi connectivity index (χ2v) is 8.18. The van der Waals surface area contributed by atoms with E-state index in [2.05, 4.69) is 12.0 Å². The minimum absolute atomic E-state index is 0.0392. The third kappa shape index (κ3) is 4.53. The van der Waals surface area contributed by atoms with Crippen LogP contribution in [0.1, 0.15) is 62.4 Å². The standard InChI is InChI=1S/C21H33N3O3/c1-5-27-21(26)18-11-17(18)12-24(20(25)16-9-7-6-8-10-16)13-19-14(2)22-23(4)15(19)3/h16-18H,5-13H2,1-4H3/t17-,18-/m0/s1. The van der Waals surface area contributed by atoms with Crippen LogP contribution in [-0.2, 0) is 27.9 Å². The van der Waals surface area contributed by atoms with Crippen LogP contribution < -0.4 is 0 Å². The van der Waals surface area contributed by atoms with Crippen molar-refractivity contribution in [3.05, 3.63) is 17.0 Å². The van der Waals surface area contributed by atoms with E-state index in [0.717, 1.165) is 49.1 Å². The quantitative estimate of drug-likeness (QED) is 0.687. The van der Waals surface area contributed by atoms with E-state index in [9.17, 15) is 9.59 Å². The lowest BCUT2D eigenvalue weighted by Crippen LogP contribution is -2.38. The minimum Gasteiger partial charge on any atom is -0.466 e. The SMILES string of the molecule is CCOC(=O)[C@H]1C[C@H]1CN(Cc1c(C)nn(C)c1C)C(=O)C1CCCCC1. The Balaban J connectivity index is 1.72. The highest BCUT2D eigenvalue weighted by Gasteiger charge is 2.46. The first-order valence-electron chi connectivity index (χ1n) is 10.4. The predicted octanol–water partition coefficient (Wildman–Crippen LogP) is 3.15. The second kappa shape index (κ2) is 8.44. The van der Waals surface area contributed by atoms with E-state index >= 15 is 0 Å². The van der Waals surface area contributed by atoms with Crippen molar-refractivity contribution in [3.8, 4) is 0 Å². The Morgan fingerprint density at radius 1 is 1.22 bits per heavy atom. The summed E-state index contributed by atoms with van der Waals surface area (Å²) >= 11 is 0. The second-order valence-electron chi connectivity index (χ2n) is 8.18. The van der Waals surface area contributed by atoms with E-state index < -0.39 is 0 Å². The molecule has 0 aromatic carbocycles. The van der Waals surface area contributed by atoms with Crippen molar-refractivity contribution in [2.75, 3.05) is 13.2 Å². The number of carbonyl (C=O) groups excluding carboxylic acids is 2. The third-order valence-corrected chi connectivity index (χ3v) is 6.24. The first kappa shape index (κ1) is 19.9. The number of ether oxygens (including phenoxy) is 1. The Bertz CT molecular complexity index is 691. The summed E-state index contributed by atoms with van der Waals surface area (Å²) in [5.74, 6) is 0.473. The van der Waals surface area contributed by atoms with Crippen LogP contribution in [0.15, 0.2) is 0 Å². The van der Waals surface area contributed by atoms with Crippen molar-refractivity contribution < 1.29 is 14.3 Å². The van der Waals surface area contributed by atoms with Crippen molar-refractivity contribution >= 4 is 11.9 Å². The molecule has 0 radical (unpaired) electrons. The highest BCUT2D eigenvalue weighted by atomic mass is 16.5. The molecule has 150 valence electrons. The predicted molar refractivity (Wildman–Crippen MR) is 103 cm³/mol. The van der Waals surface area contributed by atoms with Crippen molar-refractivity contribution in [1.29, 1.82) is 0 Å². The molecule has 0 aliphatic heterocycles. The molecule has 0 N–H and O–H groups in total. The number of aromatic nitrogens is 2. The number of esters is 1. The average molecular weight is 376 g/mol. The van der Waals surface area contributed by atoms with Crippen molar-refractivity contribution in [3.63, 3.8) is 0 Å². The van der Waals surface area contributed by atoms with Gasteiger partial charge in [-0.25, -0.2) is 0 Å². The number of aryl methyl sites for hydroxylation is 2. The van der Waals surface area contributed by atoms with Crippen LogP contribution in [-0.4, -0.2) is 39.7 Å². The van der Waals surface area contributed by atoms with E-state index in [0.29, 0.717) is 19.7 Å². The van der Waals surface area contributed by atoms with Gasteiger partial charge in [0.05, 0.1) is 18.2 Å². The maximum absolute atomic E-state index is 13.3. The van der Waals surface area contributed by atoms with Crippen LogP contribution in [0, 0.1) is 31.6 Å². The van der Waals surface area contributed by atoms with Gasteiger partial charge in [0.1, 0.15) is 0 Å². The topological polar surface area (TPSA) is 64.4 Å². The summed E-state index contributed by atoms with van der Waals surface area (Å²) in [6, 6.07) is 0. The van der Waals surface area contributed by atoms with Crippen molar-refractivity contribution in [2.45, 2.75) is 65.8 Å². The van der Waals surface area contributed by atoms with E-state index in [4.69, 9.17) is 4.74 Å². The molecule has 2 saturated carbocycles. The van der Waals surface area contributed by atoms with E-state index in [-0.39, 0.29) is 29.6 Å². The van der Waals surface area contributed by atoms with Crippen LogP contribution in [0.25, 0.3) is 0 Å². The molecular weight excluding hydrogens is 342 g/mol. The zero-order valence-corrected chi connectivity index (χ0v) is 17.2. The molecule has 1 heterocycles. The van der Waals surface area contributed by atoms with Gasteiger partial charge < -0.3 is 9.64 Å². The fourth-order valence-corrected chi connectivity index (χ4v) is 4.35. The molecule has 1 aromatic heterocycles. The molecule has 0 bridgehead atoms. The smallest absolute Gasteiger partial charge is 0.309 e. The maximum atomic E-state index is 13.3. The first-order chi connectivity index (χ1) is 12.9. The Kier molecular flexibility index (Phi) is 6.22. The molecule has 6 heteroatoms. The summed E-state index contributed by atoms with van der Waals surface area (Å²) in [6.07, 6.45) is 6.34. The number of carbonyl (C=O) groups is 2. The van der Waals surface area contributed by atoms with Gasteiger partial charge in [-0.15, -0.1) is 0 Å². The normalized spacial score (nSPS) is 22.5. The van der Waals surface area contributed by atoms with Crippen LogP contribution in [0.4, 0.5) is 0 Å². The van der Waals surface area contributed by atoms with Gasteiger partial charge in [0.25, 0.3) is 0 Å². The summed E-state index contributed by atoms with van der Waals surface area (Å²) in [7, 11) is 1.94.